The van der Waals surface area contributed by atoms with Gasteiger partial charge in [-0.15, -0.1) is 0 Å². The van der Waals surface area contributed by atoms with Crippen LogP contribution >= 0.6 is 0 Å². The molecule has 0 aliphatic carbocycles. The number of unbranched alkanes of at least 4 members (excludes halogenated alkanes) is 5. The Morgan fingerprint density at radius 3 is 2.07 bits per heavy atom. The van der Waals surface area contributed by atoms with Gasteiger partial charge >= 0.3 is 0 Å². The van der Waals surface area contributed by atoms with Gasteiger partial charge in [-0.2, -0.15) is 0 Å². The molecule has 4 heteroatoms. The lowest BCUT2D eigenvalue weighted by Crippen LogP contribution is -2.02. The van der Waals surface area contributed by atoms with Gasteiger partial charge in [0, 0.05) is 12.3 Å². The molecule has 1 rings (SSSR count). The highest BCUT2D eigenvalue weighted by Gasteiger charge is 2.12. The topological polar surface area (TPSA) is 80.4 Å². The van der Waals surface area contributed by atoms with Crippen LogP contribution in [0.25, 0.3) is 0 Å². The van der Waals surface area contributed by atoms with Crippen molar-refractivity contribution in [1.29, 1.82) is 0 Å². The van der Waals surface area contributed by atoms with Crippen molar-refractivity contribution in [2.45, 2.75) is 90.1 Å². The molecular weight excluding hydrogens is 350 g/mol. The number of carbonyl (C=O) groups is 2. The number of aliphatic hydroxyl groups excluding tert-OH is 1. The standard InChI is InChI=1S/C18H28O2.C6H11NO/c1-3-5-7-9-18(20)16-12-10-15(11-13-16)17(14-19)8-6-4-2;7-5-3-1-2-4-6-8/h10-14,17-18,20H,3-9H2,1-2H3;3,5-6H,1-2,4,7H2/b;5-3-. The summed E-state index contributed by atoms with van der Waals surface area (Å²) in [5.41, 5.74) is 7.07. The predicted molar refractivity (Wildman–Crippen MR) is 117 cm³/mol. The molecule has 158 valence electrons. The average Bonchev–Trinajstić information content (AvgIpc) is 2.73. The maximum absolute atomic E-state index is 11.2. The van der Waals surface area contributed by atoms with Crippen LogP contribution < -0.4 is 5.73 Å². The van der Waals surface area contributed by atoms with Gasteiger partial charge in [0.05, 0.1) is 6.10 Å². The summed E-state index contributed by atoms with van der Waals surface area (Å²) in [7, 11) is 0. The minimum absolute atomic E-state index is 0.00114. The van der Waals surface area contributed by atoms with Crippen LogP contribution in [0.2, 0.25) is 0 Å². The van der Waals surface area contributed by atoms with Gasteiger partial charge in [-0.1, -0.05) is 76.3 Å². The molecule has 0 bridgehead atoms. The van der Waals surface area contributed by atoms with Gasteiger partial charge in [0.25, 0.3) is 0 Å². The lowest BCUT2D eigenvalue weighted by atomic mass is 9.93. The minimum Gasteiger partial charge on any atom is -0.405 e. The number of aliphatic hydroxyl groups is 1. The molecule has 0 heterocycles. The number of nitrogens with two attached hydrogens (primary N) is 1. The first kappa shape index (κ1) is 26.1. The van der Waals surface area contributed by atoms with Gasteiger partial charge < -0.3 is 20.4 Å². The van der Waals surface area contributed by atoms with E-state index in [2.05, 4.69) is 13.8 Å². The fraction of sp³-hybridized carbons (Fsp3) is 0.583. The SMILES string of the molecule is CCCCCC(O)c1ccc(C(C=O)CCCC)cc1.N/C=C\CCCC=O. The summed E-state index contributed by atoms with van der Waals surface area (Å²) in [4.78, 5) is 20.9. The molecule has 0 amide bonds. The van der Waals surface area contributed by atoms with Crippen LogP contribution in [0.4, 0.5) is 0 Å². The Kier molecular flexibility index (Phi) is 17.1. The van der Waals surface area contributed by atoms with E-state index < -0.39 is 0 Å². The van der Waals surface area contributed by atoms with E-state index in [0.717, 1.165) is 68.6 Å². The van der Waals surface area contributed by atoms with Crippen molar-refractivity contribution in [2.75, 3.05) is 0 Å². The van der Waals surface area contributed by atoms with Crippen molar-refractivity contribution in [2.24, 2.45) is 5.73 Å². The zero-order chi connectivity index (χ0) is 21.0. The van der Waals surface area contributed by atoms with E-state index in [9.17, 15) is 14.7 Å². The van der Waals surface area contributed by atoms with E-state index in [-0.39, 0.29) is 12.0 Å². The summed E-state index contributed by atoms with van der Waals surface area (Å²) >= 11 is 0. The Labute approximate surface area is 171 Å². The van der Waals surface area contributed by atoms with E-state index in [1.54, 1.807) is 0 Å². The van der Waals surface area contributed by atoms with E-state index in [1.165, 1.54) is 19.0 Å². The van der Waals surface area contributed by atoms with Crippen LogP contribution in [0, 0.1) is 0 Å². The lowest BCUT2D eigenvalue weighted by molar-refractivity contribution is -0.109. The van der Waals surface area contributed by atoms with Crippen molar-refractivity contribution in [3.8, 4) is 0 Å². The fourth-order valence-corrected chi connectivity index (χ4v) is 2.87. The minimum atomic E-state index is -0.374. The van der Waals surface area contributed by atoms with Crippen molar-refractivity contribution < 1.29 is 14.7 Å². The summed E-state index contributed by atoms with van der Waals surface area (Å²) < 4.78 is 0. The van der Waals surface area contributed by atoms with Crippen LogP contribution in [-0.4, -0.2) is 17.7 Å². The number of allylic oxidation sites excluding steroid dienone is 1. The van der Waals surface area contributed by atoms with E-state index in [4.69, 9.17) is 5.73 Å². The molecule has 4 nitrogen and oxygen atoms in total. The summed E-state index contributed by atoms with van der Waals surface area (Å²) in [6.45, 7) is 4.30. The van der Waals surface area contributed by atoms with Crippen LogP contribution in [0.1, 0.15) is 101 Å². The molecule has 1 aromatic rings. The summed E-state index contributed by atoms with van der Waals surface area (Å²) in [6.07, 6.45) is 14.7. The van der Waals surface area contributed by atoms with Gasteiger partial charge in [0.1, 0.15) is 12.6 Å². The summed E-state index contributed by atoms with van der Waals surface area (Å²) in [6, 6.07) is 7.92. The van der Waals surface area contributed by atoms with Gasteiger partial charge in [0.2, 0.25) is 0 Å². The lowest BCUT2D eigenvalue weighted by Gasteiger charge is -2.14. The highest BCUT2D eigenvalue weighted by Crippen LogP contribution is 2.24. The van der Waals surface area contributed by atoms with Gasteiger partial charge in [0.15, 0.2) is 0 Å². The third kappa shape index (κ3) is 12.4. The first-order valence-corrected chi connectivity index (χ1v) is 10.7. The van der Waals surface area contributed by atoms with Gasteiger partial charge in [-0.25, -0.2) is 0 Å². The maximum Gasteiger partial charge on any atom is 0.127 e. The third-order valence-corrected chi connectivity index (χ3v) is 4.69. The molecule has 3 N–H and O–H groups in total. The molecule has 2 atom stereocenters. The van der Waals surface area contributed by atoms with E-state index in [0.29, 0.717) is 6.42 Å². The molecule has 0 spiro atoms. The van der Waals surface area contributed by atoms with E-state index >= 15 is 0 Å². The second-order valence-corrected chi connectivity index (χ2v) is 7.09. The van der Waals surface area contributed by atoms with Gasteiger partial charge in [-0.3, -0.25) is 0 Å². The number of aldehydes is 2. The maximum atomic E-state index is 11.2. The normalized spacial score (nSPS) is 12.8. The number of carbonyl (C=O) groups excluding carboxylic acids is 2. The molecule has 2 unspecified atom stereocenters. The first-order valence-electron chi connectivity index (χ1n) is 10.7. The second kappa shape index (κ2) is 18.4. The molecule has 0 saturated heterocycles. The van der Waals surface area contributed by atoms with Crippen LogP contribution in [0.15, 0.2) is 36.5 Å². The molecule has 28 heavy (non-hydrogen) atoms. The number of benzene rings is 1. The van der Waals surface area contributed by atoms with Crippen molar-refractivity contribution >= 4 is 12.6 Å². The third-order valence-electron chi connectivity index (χ3n) is 4.69. The molecule has 0 fully saturated rings. The molecular formula is C24H39NO3. The predicted octanol–water partition coefficient (Wildman–Crippen LogP) is 5.60. The van der Waals surface area contributed by atoms with E-state index in [1.807, 2.05) is 30.3 Å². The second-order valence-electron chi connectivity index (χ2n) is 7.09. The van der Waals surface area contributed by atoms with Crippen molar-refractivity contribution in [1.82, 2.24) is 0 Å². The summed E-state index contributed by atoms with van der Waals surface area (Å²) in [5.74, 6) is 0.00114. The first-order chi connectivity index (χ1) is 13.6. The zero-order valence-corrected chi connectivity index (χ0v) is 17.7. The smallest absolute Gasteiger partial charge is 0.127 e. The van der Waals surface area contributed by atoms with Crippen molar-refractivity contribution in [3.05, 3.63) is 47.7 Å². The Balaban J connectivity index is 0.000000769. The van der Waals surface area contributed by atoms with Crippen LogP contribution in [0.3, 0.4) is 0 Å². The van der Waals surface area contributed by atoms with Crippen LogP contribution in [-0.2, 0) is 9.59 Å². The molecule has 0 aliphatic rings. The quantitative estimate of drug-likeness (QED) is 0.320. The Morgan fingerprint density at radius 2 is 1.54 bits per heavy atom. The number of hydrogen-bond acceptors (Lipinski definition) is 4. The summed E-state index contributed by atoms with van der Waals surface area (Å²) in [5, 5.41) is 10.1. The molecule has 0 radical (unpaired) electrons. The molecule has 0 aliphatic heterocycles. The molecule has 1 aromatic carbocycles. The Hall–Kier alpha value is -1.94. The average molecular weight is 390 g/mol. The van der Waals surface area contributed by atoms with Crippen molar-refractivity contribution in [3.63, 3.8) is 0 Å². The molecule has 0 aromatic heterocycles. The monoisotopic (exact) mass is 389 g/mol. The fourth-order valence-electron chi connectivity index (χ4n) is 2.87. The highest BCUT2D eigenvalue weighted by molar-refractivity contribution is 5.62. The number of rotatable bonds is 14. The Morgan fingerprint density at radius 1 is 0.893 bits per heavy atom. The molecule has 0 saturated carbocycles. The largest absolute Gasteiger partial charge is 0.405 e. The Bertz CT molecular complexity index is 525. The zero-order valence-electron chi connectivity index (χ0n) is 17.7. The highest BCUT2D eigenvalue weighted by atomic mass is 16.3. The number of hydrogen-bond donors (Lipinski definition) is 2. The van der Waals surface area contributed by atoms with Gasteiger partial charge in [-0.05, 0) is 43.0 Å². The van der Waals surface area contributed by atoms with Crippen LogP contribution in [0.5, 0.6) is 0 Å².